The van der Waals surface area contributed by atoms with E-state index in [2.05, 4.69) is 0 Å². The fourth-order valence-electron chi connectivity index (χ4n) is 3.59. The van der Waals surface area contributed by atoms with Crippen molar-refractivity contribution < 1.29 is 18.0 Å². The van der Waals surface area contributed by atoms with Crippen molar-refractivity contribution in [1.29, 1.82) is 0 Å². The number of carbonyl (C=O) groups excluding carboxylic acids is 1. The highest BCUT2D eigenvalue weighted by Crippen LogP contribution is 2.33. The van der Waals surface area contributed by atoms with E-state index in [0.29, 0.717) is 26.1 Å². The van der Waals surface area contributed by atoms with Gasteiger partial charge in [-0.2, -0.15) is 13.2 Å². The molecule has 2 atom stereocenters. The second kappa shape index (κ2) is 6.74. The Bertz CT molecular complexity index is 398. The summed E-state index contributed by atoms with van der Waals surface area (Å²) in [5.41, 5.74) is 5.78. The van der Waals surface area contributed by atoms with Crippen LogP contribution >= 0.6 is 0 Å². The zero-order valence-electron chi connectivity index (χ0n) is 13.2. The van der Waals surface area contributed by atoms with Gasteiger partial charge in [-0.15, -0.1) is 0 Å². The van der Waals surface area contributed by atoms with Gasteiger partial charge in [0.25, 0.3) is 0 Å². The van der Waals surface area contributed by atoms with Crippen molar-refractivity contribution in [3.05, 3.63) is 0 Å². The normalized spacial score (nSPS) is 31.9. The molecule has 1 amide bonds. The Kier molecular flexibility index (Phi) is 5.37. The summed E-state index contributed by atoms with van der Waals surface area (Å²) in [6.45, 7) is 2.57. The molecule has 1 saturated carbocycles. The average molecular weight is 321 g/mol. The van der Waals surface area contributed by atoms with Crippen LogP contribution in [0, 0.1) is 5.92 Å². The van der Waals surface area contributed by atoms with E-state index in [0.717, 1.165) is 25.7 Å². The smallest absolute Gasteiger partial charge is 0.341 e. The topological polar surface area (TPSA) is 49.6 Å². The van der Waals surface area contributed by atoms with Crippen LogP contribution in [0.1, 0.15) is 39.0 Å². The molecule has 2 N–H and O–H groups in total. The van der Waals surface area contributed by atoms with Crippen LogP contribution in [0.4, 0.5) is 13.2 Å². The van der Waals surface area contributed by atoms with Crippen LogP contribution in [-0.2, 0) is 4.79 Å². The number of hydrogen-bond donors (Lipinski definition) is 1. The summed E-state index contributed by atoms with van der Waals surface area (Å²) in [6.07, 6.45) is 0.0492. The Morgan fingerprint density at radius 3 is 2.55 bits per heavy atom. The molecule has 0 radical (unpaired) electrons. The molecule has 0 bridgehead atoms. The molecule has 22 heavy (non-hydrogen) atoms. The van der Waals surface area contributed by atoms with Gasteiger partial charge in [-0.05, 0) is 26.2 Å². The predicted molar refractivity (Wildman–Crippen MR) is 78.2 cm³/mol. The first-order chi connectivity index (χ1) is 10.2. The number of alkyl halides is 3. The molecule has 0 aromatic carbocycles. The summed E-state index contributed by atoms with van der Waals surface area (Å²) in [4.78, 5) is 15.8. The number of amides is 1. The lowest BCUT2D eigenvalue weighted by Gasteiger charge is -2.39. The molecule has 0 aromatic rings. The van der Waals surface area contributed by atoms with Crippen LogP contribution in [0.2, 0.25) is 0 Å². The molecule has 4 nitrogen and oxygen atoms in total. The van der Waals surface area contributed by atoms with E-state index in [-0.39, 0.29) is 18.4 Å². The zero-order chi connectivity index (χ0) is 16.4. The SMILES string of the molecule is CC1(N)CCCCC1C(=O)N1CCCN(CC(F)(F)F)CC1. The first-order valence-electron chi connectivity index (χ1n) is 8.06. The molecule has 2 unspecified atom stereocenters. The van der Waals surface area contributed by atoms with E-state index in [1.54, 1.807) is 4.90 Å². The molecule has 2 aliphatic rings. The second-order valence-electron chi connectivity index (χ2n) is 6.87. The van der Waals surface area contributed by atoms with Gasteiger partial charge in [0.05, 0.1) is 12.5 Å². The first kappa shape index (κ1) is 17.5. The van der Waals surface area contributed by atoms with E-state index < -0.39 is 18.3 Å². The van der Waals surface area contributed by atoms with Gasteiger partial charge in [0, 0.05) is 31.7 Å². The number of carbonyl (C=O) groups is 1. The van der Waals surface area contributed by atoms with Gasteiger partial charge in [0.2, 0.25) is 5.91 Å². The van der Waals surface area contributed by atoms with Crippen LogP contribution in [-0.4, -0.2) is 60.1 Å². The monoisotopic (exact) mass is 321 g/mol. The van der Waals surface area contributed by atoms with Gasteiger partial charge in [0.1, 0.15) is 0 Å². The van der Waals surface area contributed by atoms with Crippen LogP contribution < -0.4 is 5.73 Å². The van der Waals surface area contributed by atoms with E-state index in [4.69, 9.17) is 5.73 Å². The summed E-state index contributed by atoms with van der Waals surface area (Å²) in [6, 6.07) is 0. The Balaban J connectivity index is 1.94. The molecule has 1 heterocycles. The molecule has 2 fully saturated rings. The van der Waals surface area contributed by atoms with Crippen molar-refractivity contribution in [1.82, 2.24) is 9.80 Å². The van der Waals surface area contributed by atoms with Gasteiger partial charge in [-0.3, -0.25) is 9.69 Å². The minimum atomic E-state index is -4.18. The standard InChI is InChI=1S/C15H26F3N3O/c1-14(19)6-3-2-5-12(14)13(22)21-8-4-7-20(9-10-21)11-15(16,17)18/h12H,2-11,19H2,1H3. The summed E-state index contributed by atoms with van der Waals surface area (Å²) < 4.78 is 37.4. The molecule has 1 aliphatic heterocycles. The minimum Gasteiger partial charge on any atom is -0.341 e. The van der Waals surface area contributed by atoms with E-state index >= 15 is 0 Å². The van der Waals surface area contributed by atoms with Crippen LogP contribution in [0.25, 0.3) is 0 Å². The Hall–Kier alpha value is -0.820. The maximum atomic E-state index is 12.7. The van der Waals surface area contributed by atoms with Crippen LogP contribution in [0.5, 0.6) is 0 Å². The molecule has 2 rings (SSSR count). The molecular weight excluding hydrogens is 295 g/mol. The summed E-state index contributed by atoms with van der Waals surface area (Å²) in [5, 5.41) is 0. The molecule has 1 saturated heterocycles. The van der Waals surface area contributed by atoms with Crippen LogP contribution in [0.15, 0.2) is 0 Å². The Labute approximate surface area is 129 Å². The lowest BCUT2D eigenvalue weighted by molar-refractivity contribution is -0.145. The average Bonchev–Trinajstić information content (AvgIpc) is 2.61. The highest BCUT2D eigenvalue weighted by molar-refractivity contribution is 5.80. The molecule has 128 valence electrons. The fraction of sp³-hybridized carbons (Fsp3) is 0.933. The van der Waals surface area contributed by atoms with Gasteiger partial charge < -0.3 is 10.6 Å². The summed E-state index contributed by atoms with van der Waals surface area (Å²) in [7, 11) is 0. The largest absolute Gasteiger partial charge is 0.401 e. The highest BCUT2D eigenvalue weighted by Gasteiger charge is 2.40. The number of rotatable bonds is 2. The molecule has 7 heteroatoms. The molecule has 0 aromatic heterocycles. The summed E-state index contributed by atoms with van der Waals surface area (Å²) in [5.74, 6) is -0.172. The van der Waals surface area contributed by atoms with Crippen molar-refractivity contribution >= 4 is 5.91 Å². The molecule has 1 aliphatic carbocycles. The number of hydrogen-bond acceptors (Lipinski definition) is 3. The van der Waals surface area contributed by atoms with Crippen molar-refractivity contribution in [3.8, 4) is 0 Å². The lowest BCUT2D eigenvalue weighted by Crippen LogP contribution is -2.54. The quantitative estimate of drug-likeness (QED) is 0.846. The maximum Gasteiger partial charge on any atom is 0.401 e. The third-order valence-corrected chi connectivity index (χ3v) is 4.86. The van der Waals surface area contributed by atoms with E-state index in [9.17, 15) is 18.0 Å². The van der Waals surface area contributed by atoms with Crippen LogP contribution in [0.3, 0.4) is 0 Å². The fourth-order valence-corrected chi connectivity index (χ4v) is 3.59. The zero-order valence-corrected chi connectivity index (χ0v) is 13.2. The highest BCUT2D eigenvalue weighted by atomic mass is 19.4. The van der Waals surface area contributed by atoms with Crippen molar-refractivity contribution in [2.75, 3.05) is 32.7 Å². The van der Waals surface area contributed by atoms with Gasteiger partial charge in [-0.1, -0.05) is 12.8 Å². The van der Waals surface area contributed by atoms with Gasteiger partial charge in [-0.25, -0.2) is 0 Å². The minimum absolute atomic E-state index is 0.0264. The Morgan fingerprint density at radius 2 is 1.91 bits per heavy atom. The third-order valence-electron chi connectivity index (χ3n) is 4.86. The lowest BCUT2D eigenvalue weighted by atomic mass is 9.74. The maximum absolute atomic E-state index is 12.7. The summed E-state index contributed by atoms with van der Waals surface area (Å²) >= 11 is 0. The predicted octanol–water partition coefficient (Wildman–Crippen LogP) is 1.99. The number of halogens is 3. The van der Waals surface area contributed by atoms with Gasteiger partial charge >= 0.3 is 6.18 Å². The molecular formula is C15H26F3N3O. The number of nitrogens with two attached hydrogens (primary N) is 1. The van der Waals surface area contributed by atoms with E-state index in [1.807, 2.05) is 6.92 Å². The molecule has 0 spiro atoms. The second-order valence-corrected chi connectivity index (χ2v) is 6.87. The van der Waals surface area contributed by atoms with Crippen molar-refractivity contribution in [2.24, 2.45) is 11.7 Å². The first-order valence-corrected chi connectivity index (χ1v) is 8.06. The Morgan fingerprint density at radius 1 is 1.18 bits per heavy atom. The van der Waals surface area contributed by atoms with Crippen molar-refractivity contribution in [3.63, 3.8) is 0 Å². The van der Waals surface area contributed by atoms with E-state index in [1.165, 1.54) is 4.90 Å². The number of nitrogens with zero attached hydrogens (tertiary/aromatic N) is 2. The van der Waals surface area contributed by atoms with Gasteiger partial charge in [0.15, 0.2) is 0 Å². The van der Waals surface area contributed by atoms with Crippen molar-refractivity contribution in [2.45, 2.75) is 50.7 Å². The third kappa shape index (κ3) is 4.59.